The number of rotatable bonds is 9. The number of carbonyl (C=O) groups is 2. The Balaban J connectivity index is 1.62. The molecule has 0 aromatic carbocycles. The van der Waals surface area contributed by atoms with Crippen LogP contribution < -0.4 is 5.32 Å². The Bertz CT molecular complexity index is 686. The molecule has 1 heterocycles. The van der Waals surface area contributed by atoms with E-state index < -0.39 is 5.97 Å². The summed E-state index contributed by atoms with van der Waals surface area (Å²) in [6, 6.07) is 0.513. The van der Waals surface area contributed by atoms with Gasteiger partial charge in [0.25, 0.3) is 0 Å². The van der Waals surface area contributed by atoms with Crippen molar-refractivity contribution in [1.82, 2.24) is 9.88 Å². The third-order valence-corrected chi connectivity index (χ3v) is 8.10. The number of aliphatic carboxylic acids is 1. The fourth-order valence-electron chi connectivity index (χ4n) is 4.54. The first-order valence-electron chi connectivity index (χ1n) is 11.0. The molecule has 1 aromatic heterocycles. The lowest BCUT2D eigenvalue weighted by Crippen LogP contribution is -2.51. The van der Waals surface area contributed by atoms with Gasteiger partial charge in [0.05, 0.1) is 16.2 Å². The predicted octanol–water partition coefficient (Wildman–Crippen LogP) is 5.08. The number of carboxylic acids is 1. The normalized spacial score (nSPS) is 22.6. The van der Waals surface area contributed by atoms with Crippen LogP contribution in [0.4, 0.5) is 9.93 Å². The highest BCUT2D eigenvalue weighted by Gasteiger charge is 2.34. The summed E-state index contributed by atoms with van der Waals surface area (Å²) in [6.45, 7) is 3.62. The van der Waals surface area contributed by atoms with Crippen LogP contribution in [0.1, 0.15) is 64.7 Å². The minimum atomic E-state index is -0.859. The number of carboxylic acid groups (broad SMARTS) is 1. The van der Waals surface area contributed by atoms with Gasteiger partial charge in [0.2, 0.25) is 0 Å². The van der Waals surface area contributed by atoms with Gasteiger partial charge >= 0.3 is 12.0 Å². The van der Waals surface area contributed by atoms with Gasteiger partial charge in [-0.15, -0.1) is 11.8 Å². The van der Waals surface area contributed by atoms with Gasteiger partial charge in [-0.1, -0.05) is 30.6 Å². The fraction of sp³-hybridized carbons (Fsp3) is 0.762. The van der Waals surface area contributed by atoms with Crippen LogP contribution in [0, 0.1) is 5.92 Å². The number of aromatic nitrogens is 1. The number of anilines is 1. The summed E-state index contributed by atoms with van der Waals surface area (Å²) in [6.07, 6.45) is 11.7. The number of hydrogen-bond acceptors (Lipinski definition) is 6. The summed E-state index contributed by atoms with van der Waals surface area (Å²) in [5.74, 6) is -0.262. The third-order valence-electron chi connectivity index (χ3n) is 6.01. The van der Waals surface area contributed by atoms with Crippen molar-refractivity contribution in [2.24, 2.45) is 5.92 Å². The summed E-state index contributed by atoms with van der Waals surface area (Å²) < 4.78 is 6.41. The molecule has 0 bridgehead atoms. The lowest BCUT2D eigenvalue weighted by atomic mass is 9.84. The number of hydrogen-bond donors (Lipinski definition) is 2. The van der Waals surface area contributed by atoms with E-state index in [9.17, 15) is 9.59 Å². The van der Waals surface area contributed by atoms with Crippen molar-refractivity contribution in [3.8, 4) is 0 Å². The Morgan fingerprint density at radius 3 is 2.57 bits per heavy atom. The zero-order valence-electron chi connectivity index (χ0n) is 17.7. The molecular weight excluding hydrogens is 422 g/mol. The molecule has 3 rings (SSSR count). The van der Waals surface area contributed by atoms with E-state index in [0.29, 0.717) is 17.1 Å². The van der Waals surface area contributed by atoms with Crippen molar-refractivity contribution >= 4 is 40.2 Å². The first-order valence-corrected chi connectivity index (χ1v) is 12.8. The first kappa shape index (κ1) is 23.3. The lowest BCUT2D eigenvalue weighted by Gasteiger charge is -2.42. The van der Waals surface area contributed by atoms with Crippen LogP contribution in [0.2, 0.25) is 0 Å². The number of ether oxygens (including phenoxy) is 1. The Morgan fingerprint density at radius 2 is 1.90 bits per heavy atom. The number of nitrogens with zero attached hydrogens (tertiary/aromatic N) is 2. The molecular formula is C21H33N3O4S2. The maximum absolute atomic E-state index is 13.3. The lowest BCUT2D eigenvalue weighted by molar-refractivity contribution is -0.133. The van der Waals surface area contributed by atoms with Gasteiger partial charge in [-0.3, -0.25) is 10.1 Å². The van der Waals surface area contributed by atoms with Gasteiger partial charge in [0.1, 0.15) is 0 Å². The van der Waals surface area contributed by atoms with E-state index in [0.717, 1.165) is 55.9 Å². The Hall–Kier alpha value is -1.32. The van der Waals surface area contributed by atoms with E-state index in [1.807, 2.05) is 6.92 Å². The van der Waals surface area contributed by atoms with Crippen LogP contribution in [0.15, 0.2) is 10.4 Å². The van der Waals surface area contributed by atoms with Crippen LogP contribution in [0.25, 0.3) is 0 Å². The quantitative estimate of drug-likeness (QED) is 0.505. The van der Waals surface area contributed by atoms with Crippen molar-refractivity contribution in [1.29, 1.82) is 0 Å². The Morgan fingerprint density at radius 1 is 1.20 bits per heavy atom. The van der Waals surface area contributed by atoms with Gasteiger partial charge in [-0.05, 0) is 51.4 Å². The Labute approximate surface area is 187 Å². The monoisotopic (exact) mass is 455 g/mol. The van der Waals surface area contributed by atoms with Crippen molar-refractivity contribution in [3.05, 3.63) is 6.20 Å². The molecule has 2 fully saturated rings. The van der Waals surface area contributed by atoms with E-state index >= 15 is 0 Å². The topological polar surface area (TPSA) is 91.8 Å². The number of thiazole rings is 1. The maximum Gasteiger partial charge on any atom is 0.324 e. The Kier molecular flexibility index (Phi) is 9.27. The molecule has 2 N–H and O–H groups in total. The van der Waals surface area contributed by atoms with E-state index in [4.69, 9.17) is 9.84 Å². The summed E-state index contributed by atoms with van der Waals surface area (Å²) in [4.78, 5) is 30.4. The zero-order valence-corrected chi connectivity index (χ0v) is 19.3. The second-order valence-electron chi connectivity index (χ2n) is 8.13. The molecule has 0 aliphatic heterocycles. The summed E-state index contributed by atoms with van der Waals surface area (Å²) >= 11 is 2.56. The van der Waals surface area contributed by atoms with Crippen LogP contribution in [-0.4, -0.2) is 58.0 Å². The van der Waals surface area contributed by atoms with Crippen molar-refractivity contribution in [2.45, 2.75) is 81.0 Å². The number of amides is 2. The highest BCUT2D eigenvalue weighted by molar-refractivity contribution is 8.01. The molecule has 9 heteroatoms. The molecule has 2 aliphatic rings. The smallest absolute Gasteiger partial charge is 0.324 e. The van der Waals surface area contributed by atoms with Crippen LogP contribution in [-0.2, 0) is 9.53 Å². The van der Waals surface area contributed by atoms with E-state index in [2.05, 4.69) is 15.2 Å². The molecule has 168 valence electrons. The average Bonchev–Trinajstić information content (AvgIpc) is 3.20. The van der Waals surface area contributed by atoms with Crippen LogP contribution >= 0.6 is 23.1 Å². The highest BCUT2D eigenvalue weighted by Crippen LogP contribution is 2.34. The minimum absolute atomic E-state index is 0.00519. The van der Waals surface area contributed by atoms with E-state index in [1.54, 1.807) is 6.20 Å². The second-order valence-corrected chi connectivity index (χ2v) is 10.4. The van der Waals surface area contributed by atoms with Crippen molar-refractivity contribution in [3.63, 3.8) is 0 Å². The molecule has 0 saturated heterocycles. The SMILES string of the molecule is CCOC[C@H]1CC[C@H](N(C(=O)Nc2ncc(SCC(=O)O)s2)C2CCCCC2)CC1. The predicted molar refractivity (Wildman–Crippen MR) is 120 cm³/mol. The number of thioether (sulfide) groups is 1. The van der Waals surface area contributed by atoms with E-state index in [1.165, 1.54) is 42.4 Å². The highest BCUT2D eigenvalue weighted by atomic mass is 32.2. The van der Waals surface area contributed by atoms with Gasteiger partial charge in [-0.2, -0.15) is 0 Å². The largest absolute Gasteiger partial charge is 0.481 e. The molecule has 1 aromatic rings. The summed E-state index contributed by atoms with van der Waals surface area (Å²) in [7, 11) is 0. The average molecular weight is 456 g/mol. The van der Waals surface area contributed by atoms with Gasteiger partial charge < -0.3 is 14.7 Å². The third kappa shape index (κ3) is 6.85. The van der Waals surface area contributed by atoms with Crippen LogP contribution in [0.3, 0.4) is 0 Å². The van der Waals surface area contributed by atoms with Gasteiger partial charge in [0.15, 0.2) is 5.13 Å². The van der Waals surface area contributed by atoms with Crippen LogP contribution in [0.5, 0.6) is 0 Å². The number of urea groups is 1. The first-order chi connectivity index (χ1) is 14.6. The molecule has 0 radical (unpaired) electrons. The van der Waals surface area contributed by atoms with Crippen molar-refractivity contribution < 1.29 is 19.4 Å². The molecule has 0 spiro atoms. The maximum atomic E-state index is 13.3. The van der Waals surface area contributed by atoms with Gasteiger partial charge in [-0.25, -0.2) is 9.78 Å². The minimum Gasteiger partial charge on any atom is -0.481 e. The molecule has 7 nitrogen and oxygen atoms in total. The molecule has 30 heavy (non-hydrogen) atoms. The summed E-state index contributed by atoms with van der Waals surface area (Å²) in [5.41, 5.74) is 0. The van der Waals surface area contributed by atoms with E-state index in [-0.39, 0.29) is 17.8 Å². The zero-order chi connectivity index (χ0) is 21.3. The molecule has 2 saturated carbocycles. The number of nitrogens with one attached hydrogen (secondary N) is 1. The molecule has 0 unspecified atom stereocenters. The molecule has 2 aliphatic carbocycles. The van der Waals surface area contributed by atoms with Gasteiger partial charge in [0, 0.05) is 25.3 Å². The molecule has 2 amide bonds. The summed E-state index contributed by atoms with van der Waals surface area (Å²) in [5, 5.41) is 12.4. The second kappa shape index (κ2) is 11.9. The fourth-order valence-corrected chi connectivity index (χ4v) is 6.12. The standard InChI is InChI=1S/C21H33N3O4S2/c1-2-28-13-15-8-10-17(11-9-15)24(16-6-4-3-5-7-16)21(27)23-20-22-12-19(30-20)29-14-18(25)26/h12,15-17H,2-11,13-14H2,1H3,(H,25,26)(H,22,23,27)/t15-,17-. The molecule has 0 atom stereocenters. The number of carbonyl (C=O) groups excluding carboxylic acids is 1. The van der Waals surface area contributed by atoms with Crippen molar-refractivity contribution in [2.75, 3.05) is 24.3 Å².